The second kappa shape index (κ2) is 4.34. The lowest BCUT2D eigenvalue weighted by molar-refractivity contribution is 0.930. The molecule has 19 heavy (non-hydrogen) atoms. The molecule has 1 aliphatic heterocycles. The van der Waals surface area contributed by atoms with E-state index in [1.165, 1.54) is 11.1 Å². The Bertz CT molecular complexity index is 555. The van der Waals surface area contributed by atoms with Crippen molar-refractivity contribution in [1.29, 1.82) is 0 Å². The molecule has 0 spiro atoms. The Hall–Kier alpha value is -1.34. The van der Waals surface area contributed by atoms with Crippen LogP contribution in [0.25, 0.3) is 11.1 Å². The first-order valence-electron chi connectivity index (χ1n) is 7.29. The summed E-state index contributed by atoms with van der Waals surface area (Å²) in [5, 5.41) is 3.31. The lowest BCUT2D eigenvalue weighted by atomic mass is 10.1. The van der Waals surface area contributed by atoms with Crippen LogP contribution in [0.15, 0.2) is 48.5 Å². The molecule has 2 aromatic carbocycles. The van der Waals surface area contributed by atoms with Crippen LogP contribution in [-0.4, -0.2) is 8.07 Å². The summed E-state index contributed by atoms with van der Waals surface area (Å²) in [6.45, 7) is 9.69. The van der Waals surface area contributed by atoms with Gasteiger partial charge in [0.05, 0.1) is 0 Å². The summed E-state index contributed by atoms with van der Waals surface area (Å²) < 4.78 is 0. The summed E-state index contributed by atoms with van der Waals surface area (Å²) in [7, 11) is -1.63. The van der Waals surface area contributed by atoms with Gasteiger partial charge in [0.2, 0.25) is 0 Å². The Morgan fingerprint density at radius 3 is 1.37 bits per heavy atom. The lowest BCUT2D eigenvalue weighted by Crippen LogP contribution is -2.59. The molecular weight excluding hydrogens is 244 g/mol. The molecule has 1 aliphatic rings. The average Bonchev–Trinajstić information content (AvgIpc) is 2.70. The SMILES string of the molecule is CC(C)[Si]1(C(C)C)c2ccccc2-c2ccccc21. The van der Waals surface area contributed by atoms with Crippen LogP contribution in [0.3, 0.4) is 0 Å². The van der Waals surface area contributed by atoms with E-state index in [4.69, 9.17) is 0 Å². The van der Waals surface area contributed by atoms with Crippen molar-refractivity contribution in [3.05, 3.63) is 48.5 Å². The van der Waals surface area contributed by atoms with Crippen LogP contribution >= 0.6 is 0 Å². The molecule has 0 saturated carbocycles. The number of hydrogen-bond acceptors (Lipinski definition) is 0. The number of benzene rings is 2. The summed E-state index contributed by atoms with van der Waals surface area (Å²) >= 11 is 0. The zero-order valence-electron chi connectivity index (χ0n) is 12.3. The molecule has 0 amide bonds. The van der Waals surface area contributed by atoms with Gasteiger partial charge in [0, 0.05) is 0 Å². The highest BCUT2D eigenvalue weighted by Crippen LogP contribution is 2.40. The Kier molecular flexibility index (Phi) is 2.90. The normalized spacial score (nSPS) is 15.7. The minimum absolute atomic E-state index is 0.734. The van der Waals surface area contributed by atoms with Crippen molar-refractivity contribution in [3.8, 4) is 11.1 Å². The fourth-order valence-corrected chi connectivity index (χ4v) is 10.4. The summed E-state index contributed by atoms with van der Waals surface area (Å²) in [5.74, 6) is 0. The molecule has 1 heteroatoms. The molecule has 2 aromatic rings. The van der Waals surface area contributed by atoms with Crippen LogP contribution in [0.2, 0.25) is 11.1 Å². The topological polar surface area (TPSA) is 0 Å². The molecule has 0 radical (unpaired) electrons. The summed E-state index contributed by atoms with van der Waals surface area (Å²) in [6.07, 6.45) is 0. The second-order valence-electron chi connectivity index (χ2n) is 6.27. The first-order valence-corrected chi connectivity index (χ1v) is 9.45. The largest absolute Gasteiger partial charge is 0.124 e. The molecule has 0 fully saturated rings. The molecule has 98 valence electrons. The Morgan fingerprint density at radius 1 is 0.632 bits per heavy atom. The average molecular weight is 266 g/mol. The van der Waals surface area contributed by atoms with Crippen molar-refractivity contribution in [1.82, 2.24) is 0 Å². The van der Waals surface area contributed by atoms with Gasteiger partial charge >= 0.3 is 0 Å². The third-order valence-corrected chi connectivity index (χ3v) is 11.2. The highest BCUT2D eigenvalue weighted by Gasteiger charge is 2.49. The lowest BCUT2D eigenvalue weighted by Gasteiger charge is -2.37. The van der Waals surface area contributed by atoms with E-state index in [1.807, 2.05) is 0 Å². The van der Waals surface area contributed by atoms with Crippen molar-refractivity contribution >= 4 is 18.4 Å². The highest BCUT2D eigenvalue weighted by molar-refractivity contribution is 7.07. The van der Waals surface area contributed by atoms with Gasteiger partial charge in [0.25, 0.3) is 0 Å². The molecule has 0 aliphatic carbocycles. The maximum absolute atomic E-state index is 2.42. The number of rotatable bonds is 2. The van der Waals surface area contributed by atoms with Gasteiger partial charge < -0.3 is 0 Å². The third-order valence-electron chi connectivity index (χ3n) is 4.86. The zero-order chi connectivity index (χ0) is 13.6. The van der Waals surface area contributed by atoms with E-state index in [2.05, 4.69) is 76.2 Å². The second-order valence-corrected chi connectivity index (χ2v) is 11.4. The van der Waals surface area contributed by atoms with Gasteiger partial charge in [-0.3, -0.25) is 0 Å². The van der Waals surface area contributed by atoms with Crippen LogP contribution in [0.4, 0.5) is 0 Å². The fourth-order valence-electron chi connectivity index (χ4n) is 4.21. The van der Waals surface area contributed by atoms with Gasteiger partial charge in [-0.1, -0.05) is 76.2 Å². The first-order chi connectivity index (χ1) is 9.10. The summed E-state index contributed by atoms with van der Waals surface area (Å²) in [6, 6.07) is 18.2. The molecule has 1 heterocycles. The minimum atomic E-state index is -1.63. The van der Waals surface area contributed by atoms with E-state index < -0.39 is 8.07 Å². The Balaban J connectivity index is 2.42. The van der Waals surface area contributed by atoms with E-state index in [1.54, 1.807) is 10.4 Å². The Morgan fingerprint density at radius 2 is 1.00 bits per heavy atom. The first kappa shape index (κ1) is 12.7. The molecule has 0 unspecified atom stereocenters. The molecule has 3 rings (SSSR count). The van der Waals surface area contributed by atoms with Crippen molar-refractivity contribution < 1.29 is 0 Å². The van der Waals surface area contributed by atoms with Gasteiger partial charge in [-0.25, -0.2) is 0 Å². The van der Waals surface area contributed by atoms with Crippen LogP contribution in [0, 0.1) is 0 Å². The van der Waals surface area contributed by atoms with Gasteiger partial charge in [-0.05, 0) is 32.6 Å². The summed E-state index contributed by atoms with van der Waals surface area (Å²) in [4.78, 5) is 0. The molecule has 0 nitrogen and oxygen atoms in total. The quantitative estimate of drug-likeness (QED) is 0.719. The molecule has 0 saturated heterocycles. The molecular formula is C18H22Si. The molecule has 0 bridgehead atoms. The van der Waals surface area contributed by atoms with E-state index in [0.717, 1.165) is 11.1 Å². The molecule has 0 aromatic heterocycles. The standard InChI is InChI=1S/C18H22Si/c1-13(2)19(14(3)4)17-11-7-5-9-15(17)16-10-6-8-12-18(16)19/h5-14H,1-4H3. The van der Waals surface area contributed by atoms with Crippen molar-refractivity contribution in [3.63, 3.8) is 0 Å². The Labute approximate surface area is 117 Å². The monoisotopic (exact) mass is 266 g/mol. The van der Waals surface area contributed by atoms with E-state index in [0.29, 0.717) is 0 Å². The van der Waals surface area contributed by atoms with Gasteiger partial charge in [0.15, 0.2) is 0 Å². The zero-order valence-corrected chi connectivity index (χ0v) is 13.3. The van der Waals surface area contributed by atoms with Crippen LogP contribution in [0.1, 0.15) is 27.7 Å². The minimum Gasteiger partial charge on any atom is -0.0645 e. The van der Waals surface area contributed by atoms with Gasteiger partial charge in [-0.2, -0.15) is 0 Å². The third kappa shape index (κ3) is 1.51. The van der Waals surface area contributed by atoms with E-state index in [-0.39, 0.29) is 0 Å². The van der Waals surface area contributed by atoms with Crippen molar-refractivity contribution in [2.75, 3.05) is 0 Å². The fraction of sp³-hybridized carbons (Fsp3) is 0.333. The smallest absolute Gasteiger partial charge is 0.0645 e. The van der Waals surface area contributed by atoms with E-state index in [9.17, 15) is 0 Å². The maximum Gasteiger partial charge on any atom is 0.124 e. The van der Waals surface area contributed by atoms with Gasteiger partial charge in [0.1, 0.15) is 8.07 Å². The predicted octanol–water partition coefficient (Wildman–Crippen LogP) is 4.05. The van der Waals surface area contributed by atoms with Gasteiger partial charge in [-0.15, -0.1) is 0 Å². The molecule has 0 N–H and O–H groups in total. The van der Waals surface area contributed by atoms with Crippen molar-refractivity contribution in [2.45, 2.75) is 38.8 Å². The highest BCUT2D eigenvalue weighted by atomic mass is 28.3. The number of hydrogen-bond donors (Lipinski definition) is 0. The van der Waals surface area contributed by atoms with E-state index >= 15 is 0 Å². The van der Waals surface area contributed by atoms with Crippen LogP contribution in [-0.2, 0) is 0 Å². The van der Waals surface area contributed by atoms with Crippen LogP contribution < -0.4 is 10.4 Å². The summed E-state index contributed by atoms with van der Waals surface area (Å²) in [5.41, 5.74) is 4.45. The predicted molar refractivity (Wildman–Crippen MR) is 87.1 cm³/mol. The van der Waals surface area contributed by atoms with Crippen molar-refractivity contribution in [2.24, 2.45) is 0 Å². The maximum atomic E-state index is 2.42. The van der Waals surface area contributed by atoms with Crippen LogP contribution in [0.5, 0.6) is 0 Å². The molecule has 0 atom stereocenters. The number of fused-ring (bicyclic) bond motifs is 3.